The van der Waals surface area contributed by atoms with Crippen LogP contribution in [0.25, 0.3) is 0 Å². The van der Waals surface area contributed by atoms with Gasteiger partial charge in [-0.1, -0.05) is 6.42 Å². The first-order chi connectivity index (χ1) is 6.27. The largest absolute Gasteiger partial charge is 0.380 e. The second kappa shape index (κ2) is 5.35. The summed E-state index contributed by atoms with van der Waals surface area (Å²) >= 11 is 0. The lowest BCUT2D eigenvalue weighted by molar-refractivity contribution is -0.114. The van der Waals surface area contributed by atoms with Crippen molar-refractivity contribution in [1.82, 2.24) is 4.90 Å². The molecule has 13 heavy (non-hydrogen) atoms. The van der Waals surface area contributed by atoms with Gasteiger partial charge in [0.1, 0.15) is 6.29 Å². The van der Waals surface area contributed by atoms with Gasteiger partial charge in [-0.3, -0.25) is 4.90 Å². The Balaban J connectivity index is 2.40. The first kappa shape index (κ1) is 10.7. The van der Waals surface area contributed by atoms with Gasteiger partial charge in [0.25, 0.3) is 0 Å². The molecular weight excluding hydrogens is 166 g/mol. The predicted octanol–water partition coefficient (Wildman–Crippen LogP) is 1.07. The van der Waals surface area contributed by atoms with Crippen molar-refractivity contribution in [2.75, 3.05) is 20.2 Å². The summed E-state index contributed by atoms with van der Waals surface area (Å²) < 4.78 is 5.19. The molecule has 0 aliphatic carbocycles. The predicted molar refractivity (Wildman–Crippen MR) is 51.7 cm³/mol. The Morgan fingerprint density at radius 1 is 1.62 bits per heavy atom. The average molecular weight is 185 g/mol. The van der Waals surface area contributed by atoms with Crippen LogP contribution < -0.4 is 0 Å². The molecule has 0 saturated carbocycles. The molecule has 1 fully saturated rings. The molecule has 0 N–H and O–H groups in total. The van der Waals surface area contributed by atoms with Gasteiger partial charge >= 0.3 is 0 Å². The molecule has 1 aliphatic heterocycles. The first-order valence-electron chi connectivity index (χ1n) is 5.00. The highest BCUT2D eigenvalue weighted by Crippen LogP contribution is 2.15. The summed E-state index contributed by atoms with van der Waals surface area (Å²) in [7, 11) is 1.71. The Labute approximate surface area is 80.1 Å². The molecule has 0 radical (unpaired) electrons. The monoisotopic (exact) mass is 185 g/mol. The van der Waals surface area contributed by atoms with Gasteiger partial charge in [0, 0.05) is 13.7 Å². The number of aldehydes is 1. The van der Waals surface area contributed by atoms with Crippen LogP contribution in [0.1, 0.15) is 26.2 Å². The molecule has 1 heterocycles. The van der Waals surface area contributed by atoms with E-state index in [4.69, 9.17) is 4.74 Å². The topological polar surface area (TPSA) is 29.5 Å². The van der Waals surface area contributed by atoms with E-state index >= 15 is 0 Å². The van der Waals surface area contributed by atoms with Gasteiger partial charge in [0.2, 0.25) is 0 Å². The van der Waals surface area contributed by atoms with Gasteiger partial charge in [-0.2, -0.15) is 0 Å². The Bertz CT molecular complexity index is 161. The Hall–Kier alpha value is -0.410. The molecule has 0 amide bonds. The quantitative estimate of drug-likeness (QED) is 0.614. The van der Waals surface area contributed by atoms with Crippen LogP contribution in [0.5, 0.6) is 0 Å². The molecule has 1 rings (SSSR count). The number of likely N-dealkylation sites (tertiary alicyclic amines) is 1. The van der Waals surface area contributed by atoms with E-state index < -0.39 is 0 Å². The standard InChI is InChI=1S/C10H19NO2/c1-9(13-2)7-11-6-4-3-5-10(11)8-12/h8-10H,3-7H2,1-2H3. The van der Waals surface area contributed by atoms with E-state index in [-0.39, 0.29) is 12.1 Å². The zero-order chi connectivity index (χ0) is 9.68. The fourth-order valence-electron chi connectivity index (χ4n) is 1.80. The zero-order valence-corrected chi connectivity index (χ0v) is 8.53. The number of nitrogens with zero attached hydrogens (tertiary/aromatic N) is 1. The lowest BCUT2D eigenvalue weighted by Gasteiger charge is -2.33. The van der Waals surface area contributed by atoms with Crippen LogP contribution in [0.2, 0.25) is 0 Å². The highest BCUT2D eigenvalue weighted by Gasteiger charge is 2.22. The van der Waals surface area contributed by atoms with E-state index in [2.05, 4.69) is 4.90 Å². The second-order valence-corrected chi connectivity index (χ2v) is 3.74. The number of hydrogen-bond acceptors (Lipinski definition) is 3. The molecule has 3 nitrogen and oxygen atoms in total. The number of carbonyl (C=O) groups excluding carboxylic acids is 1. The van der Waals surface area contributed by atoms with E-state index in [1.807, 2.05) is 6.92 Å². The molecule has 0 spiro atoms. The van der Waals surface area contributed by atoms with Crippen LogP contribution in [0.3, 0.4) is 0 Å². The number of methoxy groups -OCH3 is 1. The maximum Gasteiger partial charge on any atom is 0.137 e. The van der Waals surface area contributed by atoms with Gasteiger partial charge in [-0.05, 0) is 26.3 Å². The van der Waals surface area contributed by atoms with Crippen molar-refractivity contribution >= 4 is 6.29 Å². The summed E-state index contributed by atoms with van der Waals surface area (Å²) in [4.78, 5) is 13.0. The van der Waals surface area contributed by atoms with Crippen molar-refractivity contribution in [3.8, 4) is 0 Å². The van der Waals surface area contributed by atoms with Gasteiger partial charge in [-0.15, -0.1) is 0 Å². The fourth-order valence-corrected chi connectivity index (χ4v) is 1.80. The molecule has 0 aromatic heterocycles. The highest BCUT2D eigenvalue weighted by molar-refractivity contribution is 5.57. The first-order valence-corrected chi connectivity index (χ1v) is 5.00. The molecule has 76 valence electrons. The van der Waals surface area contributed by atoms with Crippen molar-refractivity contribution < 1.29 is 9.53 Å². The summed E-state index contributed by atoms with van der Waals surface area (Å²) in [6, 6.07) is 0.131. The molecular formula is C10H19NO2. The fraction of sp³-hybridized carbons (Fsp3) is 0.900. The number of carbonyl (C=O) groups is 1. The third-order valence-corrected chi connectivity index (χ3v) is 2.72. The molecule has 0 aromatic carbocycles. The Morgan fingerprint density at radius 3 is 3.00 bits per heavy atom. The summed E-state index contributed by atoms with van der Waals surface area (Å²) in [6.45, 7) is 3.95. The van der Waals surface area contributed by atoms with Gasteiger partial charge < -0.3 is 9.53 Å². The average Bonchev–Trinajstić information content (AvgIpc) is 2.18. The Kier molecular flexibility index (Phi) is 4.39. The third kappa shape index (κ3) is 3.08. The van der Waals surface area contributed by atoms with Crippen molar-refractivity contribution in [3.05, 3.63) is 0 Å². The van der Waals surface area contributed by atoms with Gasteiger partial charge in [-0.25, -0.2) is 0 Å². The molecule has 2 atom stereocenters. The third-order valence-electron chi connectivity index (χ3n) is 2.72. The molecule has 1 aliphatic rings. The maximum atomic E-state index is 10.8. The minimum Gasteiger partial charge on any atom is -0.380 e. The summed E-state index contributed by atoms with van der Waals surface area (Å²) in [5, 5.41) is 0. The number of ether oxygens (including phenoxy) is 1. The normalized spacial score (nSPS) is 27.1. The van der Waals surface area contributed by atoms with Crippen molar-refractivity contribution in [2.24, 2.45) is 0 Å². The Morgan fingerprint density at radius 2 is 2.38 bits per heavy atom. The van der Waals surface area contributed by atoms with Crippen molar-refractivity contribution in [1.29, 1.82) is 0 Å². The second-order valence-electron chi connectivity index (χ2n) is 3.74. The van der Waals surface area contributed by atoms with E-state index in [1.165, 1.54) is 12.8 Å². The highest BCUT2D eigenvalue weighted by atomic mass is 16.5. The summed E-state index contributed by atoms with van der Waals surface area (Å²) in [5.41, 5.74) is 0. The zero-order valence-electron chi connectivity index (χ0n) is 8.53. The van der Waals surface area contributed by atoms with E-state index in [1.54, 1.807) is 7.11 Å². The minimum absolute atomic E-state index is 0.131. The van der Waals surface area contributed by atoms with Crippen molar-refractivity contribution in [2.45, 2.75) is 38.3 Å². The van der Waals surface area contributed by atoms with Crippen LogP contribution in [0.15, 0.2) is 0 Å². The molecule has 3 heteroatoms. The molecule has 0 bridgehead atoms. The van der Waals surface area contributed by atoms with E-state index in [0.29, 0.717) is 0 Å². The van der Waals surface area contributed by atoms with Crippen LogP contribution in [0, 0.1) is 0 Å². The van der Waals surface area contributed by atoms with Crippen LogP contribution >= 0.6 is 0 Å². The number of rotatable bonds is 4. The van der Waals surface area contributed by atoms with E-state index in [9.17, 15) is 4.79 Å². The SMILES string of the molecule is COC(C)CN1CCCCC1C=O. The summed E-state index contributed by atoms with van der Waals surface area (Å²) in [6.07, 6.45) is 4.70. The smallest absolute Gasteiger partial charge is 0.137 e. The lowest BCUT2D eigenvalue weighted by Crippen LogP contribution is -2.44. The minimum atomic E-state index is 0.131. The lowest BCUT2D eigenvalue weighted by atomic mass is 10.0. The van der Waals surface area contributed by atoms with Crippen molar-refractivity contribution in [3.63, 3.8) is 0 Å². The summed E-state index contributed by atoms with van der Waals surface area (Å²) in [5.74, 6) is 0. The van der Waals surface area contributed by atoms with Crippen LogP contribution in [-0.2, 0) is 9.53 Å². The van der Waals surface area contributed by atoms with E-state index in [0.717, 1.165) is 25.8 Å². The van der Waals surface area contributed by atoms with Gasteiger partial charge in [0.15, 0.2) is 0 Å². The number of hydrogen-bond donors (Lipinski definition) is 0. The van der Waals surface area contributed by atoms with Crippen LogP contribution in [-0.4, -0.2) is 43.5 Å². The molecule has 1 saturated heterocycles. The maximum absolute atomic E-state index is 10.8. The molecule has 0 aromatic rings. The van der Waals surface area contributed by atoms with Gasteiger partial charge in [0.05, 0.1) is 12.1 Å². The number of piperidine rings is 1. The molecule has 2 unspecified atom stereocenters. The van der Waals surface area contributed by atoms with Crippen LogP contribution in [0.4, 0.5) is 0 Å².